The normalized spacial score (nSPS) is 10.6. The summed E-state index contributed by atoms with van der Waals surface area (Å²) in [4.78, 5) is 27.8. The van der Waals surface area contributed by atoms with Crippen molar-refractivity contribution in [2.24, 2.45) is 0 Å². The van der Waals surface area contributed by atoms with E-state index in [1.54, 1.807) is 19.2 Å². The number of carbonyl (C=O) groups is 1. The molecule has 0 aliphatic carbocycles. The number of carbonyl (C=O) groups excluding carboxylic acids is 1. The average Bonchev–Trinajstić information content (AvgIpc) is 3.02. The molecule has 0 aliphatic heterocycles. The number of methoxy groups -OCH3 is 1. The van der Waals surface area contributed by atoms with Gasteiger partial charge in [-0.1, -0.05) is 54.6 Å². The van der Waals surface area contributed by atoms with Crippen LogP contribution in [0.4, 0.5) is 23.5 Å². The highest BCUT2D eigenvalue weighted by Gasteiger charge is 2.12. The number of ether oxygens (including phenoxy) is 3. The van der Waals surface area contributed by atoms with E-state index in [1.807, 2.05) is 72.6 Å². The van der Waals surface area contributed by atoms with Crippen molar-refractivity contribution in [3.8, 4) is 5.75 Å². The van der Waals surface area contributed by atoms with Crippen molar-refractivity contribution >= 4 is 29.4 Å². The maximum atomic E-state index is 12.0. The average molecular weight is 572 g/mol. The molecule has 220 valence electrons. The SMILES string of the molecule is COc1cccc(Nc2nc(NCCOCCOCCNC(=O)c3ccccc3)nc(N(C)Cc3ccccc3)n2)c1. The molecule has 42 heavy (non-hydrogen) atoms. The van der Waals surface area contributed by atoms with Crippen LogP contribution in [0.15, 0.2) is 84.9 Å². The first-order chi connectivity index (χ1) is 20.6. The molecule has 1 amide bonds. The molecule has 0 unspecified atom stereocenters. The fourth-order valence-corrected chi connectivity index (χ4v) is 3.91. The van der Waals surface area contributed by atoms with Gasteiger partial charge in [-0.3, -0.25) is 4.79 Å². The van der Waals surface area contributed by atoms with Gasteiger partial charge in [0.15, 0.2) is 0 Å². The fourth-order valence-electron chi connectivity index (χ4n) is 3.91. The molecular formula is C31H37N7O4. The molecular weight excluding hydrogens is 534 g/mol. The van der Waals surface area contributed by atoms with Gasteiger partial charge in [0.25, 0.3) is 5.91 Å². The molecule has 1 aromatic heterocycles. The van der Waals surface area contributed by atoms with Crippen LogP contribution in [0.3, 0.4) is 0 Å². The summed E-state index contributed by atoms with van der Waals surface area (Å²) in [7, 11) is 3.57. The lowest BCUT2D eigenvalue weighted by atomic mass is 10.2. The number of anilines is 4. The summed E-state index contributed by atoms with van der Waals surface area (Å²) in [6.07, 6.45) is 0. The zero-order chi connectivity index (χ0) is 29.4. The van der Waals surface area contributed by atoms with Crippen LogP contribution in [-0.4, -0.2) is 74.5 Å². The smallest absolute Gasteiger partial charge is 0.251 e. The van der Waals surface area contributed by atoms with E-state index in [2.05, 4.69) is 43.0 Å². The minimum atomic E-state index is -0.115. The minimum Gasteiger partial charge on any atom is -0.497 e. The molecule has 4 aromatic rings. The molecule has 4 rings (SSSR count). The summed E-state index contributed by atoms with van der Waals surface area (Å²) < 4.78 is 16.6. The number of nitrogens with one attached hydrogen (secondary N) is 3. The van der Waals surface area contributed by atoms with Crippen LogP contribution >= 0.6 is 0 Å². The van der Waals surface area contributed by atoms with Crippen LogP contribution in [-0.2, 0) is 16.0 Å². The predicted octanol–water partition coefficient (Wildman–Crippen LogP) is 4.14. The van der Waals surface area contributed by atoms with Crippen molar-refractivity contribution in [2.75, 3.05) is 69.2 Å². The second-order valence-corrected chi connectivity index (χ2v) is 9.25. The number of hydrogen-bond acceptors (Lipinski definition) is 10. The molecule has 0 aliphatic rings. The molecule has 0 bridgehead atoms. The second-order valence-electron chi connectivity index (χ2n) is 9.25. The van der Waals surface area contributed by atoms with Gasteiger partial charge in [0, 0.05) is 44.0 Å². The first-order valence-corrected chi connectivity index (χ1v) is 13.8. The predicted molar refractivity (Wildman–Crippen MR) is 164 cm³/mol. The van der Waals surface area contributed by atoms with Gasteiger partial charge in [-0.15, -0.1) is 0 Å². The summed E-state index contributed by atoms with van der Waals surface area (Å²) in [6.45, 7) is 3.28. The van der Waals surface area contributed by atoms with Crippen LogP contribution in [0.5, 0.6) is 5.75 Å². The van der Waals surface area contributed by atoms with Crippen molar-refractivity contribution < 1.29 is 19.0 Å². The number of rotatable bonds is 17. The Hall–Kier alpha value is -4.74. The highest BCUT2D eigenvalue weighted by atomic mass is 16.5. The quantitative estimate of drug-likeness (QED) is 0.159. The number of benzene rings is 3. The summed E-state index contributed by atoms with van der Waals surface area (Å²) in [5.41, 5.74) is 2.57. The number of hydrogen-bond donors (Lipinski definition) is 3. The Bertz CT molecular complexity index is 1380. The van der Waals surface area contributed by atoms with Crippen molar-refractivity contribution in [1.29, 1.82) is 0 Å². The molecule has 1 heterocycles. The third-order valence-electron chi connectivity index (χ3n) is 6.02. The highest BCUT2D eigenvalue weighted by molar-refractivity contribution is 5.94. The van der Waals surface area contributed by atoms with E-state index in [0.717, 1.165) is 17.0 Å². The fraction of sp³-hybridized carbons (Fsp3) is 0.290. The number of nitrogens with zero attached hydrogens (tertiary/aromatic N) is 4. The molecule has 3 N–H and O–H groups in total. The maximum absolute atomic E-state index is 12.0. The van der Waals surface area contributed by atoms with Crippen molar-refractivity contribution in [1.82, 2.24) is 20.3 Å². The molecule has 0 saturated carbocycles. The Morgan fingerprint density at radius 2 is 1.48 bits per heavy atom. The molecule has 0 radical (unpaired) electrons. The molecule has 0 spiro atoms. The Morgan fingerprint density at radius 3 is 2.21 bits per heavy atom. The van der Waals surface area contributed by atoms with E-state index in [9.17, 15) is 4.79 Å². The van der Waals surface area contributed by atoms with Gasteiger partial charge >= 0.3 is 0 Å². The largest absolute Gasteiger partial charge is 0.497 e. The topological polar surface area (TPSA) is 123 Å². The molecule has 0 saturated heterocycles. The summed E-state index contributed by atoms with van der Waals surface area (Å²) in [6, 6.07) is 26.8. The van der Waals surface area contributed by atoms with Crippen LogP contribution in [0.25, 0.3) is 0 Å². The van der Waals surface area contributed by atoms with Crippen LogP contribution in [0.1, 0.15) is 15.9 Å². The van der Waals surface area contributed by atoms with Crippen molar-refractivity contribution in [3.63, 3.8) is 0 Å². The molecule has 11 nitrogen and oxygen atoms in total. The maximum Gasteiger partial charge on any atom is 0.251 e. The van der Waals surface area contributed by atoms with E-state index in [-0.39, 0.29) is 5.91 Å². The molecule has 0 fully saturated rings. The zero-order valence-electron chi connectivity index (χ0n) is 24.0. The monoisotopic (exact) mass is 571 g/mol. The lowest BCUT2D eigenvalue weighted by Gasteiger charge is -2.19. The summed E-state index contributed by atoms with van der Waals surface area (Å²) in [5.74, 6) is 1.97. The molecule has 3 aromatic carbocycles. The van der Waals surface area contributed by atoms with Crippen molar-refractivity contribution in [2.45, 2.75) is 6.54 Å². The Balaban J connectivity index is 1.23. The van der Waals surface area contributed by atoms with Gasteiger partial charge in [-0.05, 0) is 29.8 Å². The summed E-state index contributed by atoms with van der Waals surface area (Å²) in [5, 5.41) is 9.30. The van der Waals surface area contributed by atoms with E-state index in [0.29, 0.717) is 69.5 Å². The van der Waals surface area contributed by atoms with Gasteiger partial charge in [0.05, 0.1) is 33.5 Å². The van der Waals surface area contributed by atoms with Crippen LogP contribution in [0.2, 0.25) is 0 Å². The van der Waals surface area contributed by atoms with Crippen molar-refractivity contribution in [3.05, 3.63) is 96.1 Å². The van der Waals surface area contributed by atoms with E-state index in [1.165, 1.54) is 0 Å². The van der Waals surface area contributed by atoms with Gasteiger partial charge in [-0.25, -0.2) is 0 Å². The van der Waals surface area contributed by atoms with E-state index >= 15 is 0 Å². The lowest BCUT2D eigenvalue weighted by Crippen LogP contribution is -2.27. The Kier molecular flexibility index (Phi) is 11.9. The van der Waals surface area contributed by atoms with Crippen LogP contribution in [0, 0.1) is 0 Å². The first kappa shape index (κ1) is 30.2. The summed E-state index contributed by atoms with van der Waals surface area (Å²) >= 11 is 0. The third-order valence-corrected chi connectivity index (χ3v) is 6.02. The number of aromatic nitrogens is 3. The molecule has 0 atom stereocenters. The third kappa shape index (κ3) is 10.0. The van der Waals surface area contributed by atoms with Crippen LogP contribution < -0.4 is 25.6 Å². The first-order valence-electron chi connectivity index (χ1n) is 13.8. The zero-order valence-corrected chi connectivity index (χ0v) is 24.0. The number of amides is 1. The van der Waals surface area contributed by atoms with Gasteiger partial charge in [0.2, 0.25) is 17.8 Å². The standard InChI is InChI=1S/C31H37N7O4/c1-38(23-24-10-5-3-6-11-24)31-36-29(35-30(37-31)34-26-14-9-15-27(22-26)40-2)33-17-19-42-21-20-41-18-16-32-28(39)25-12-7-4-8-13-25/h3-15,22H,16-21,23H2,1-2H3,(H,32,39)(H2,33,34,35,36,37). The minimum absolute atomic E-state index is 0.115. The van der Waals surface area contributed by atoms with Gasteiger partial charge in [-0.2, -0.15) is 15.0 Å². The Morgan fingerprint density at radius 1 is 0.786 bits per heavy atom. The Labute approximate surface area is 246 Å². The lowest BCUT2D eigenvalue weighted by molar-refractivity contribution is 0.0519. The van der Waals surface area contributed by atoms with Gasteiger partial charge < -0.3 is 35.1 Å². The van der Waals surface area contributed by atoms with Gasteiger partial charge in [0.1, 0.15) is 5.75 Å². The second kappa shape index (κ2) is 16.5. The van der Waals surface area contributed by atoms with E-state index < -0.39 is 0 Å². The van der Waals surface area contributed by atoms with E-state index in [4.69, 9.17) is 14.2 Å². The molecule has 11 heteroatoms. The highest BCUT2D eigenvalue weighted by Crippen LogP contribution is 2.22.